The molecule has 2 heterocycles. The van der Waals surface area contributed by atoms with Gasteiger partial charge in [-0.15, -0.1) is 12.4 Å². The zero-order valence-electron chi connectivity index (χ0n) is 11.2. The first-order valence-electron chi connectivity index (χ1n) is 6.23. The molecule has 112 valence electrons. The smallest absolute Gasteiger partial charge is 0.257 e. The predicted octanol–water partition coefficient (Wildman–Crippen LogP) is 2.79. The molecule has 0 atom stereocenters. The fourth-order valence-electron chi connectivity index (χ4n) is 1.75. The molecule has 0 aromatic carbocycles. The average molecular weight is 306 g/mol. The van der Waals surface area contributed by atoms with Crippen LogP contribution in [0.4, 0.5) is 14.5 Å². The second-order valence-corrected chi connectivity index (χ2v) is 4.31. The van der Waals surface area contributed by atoms with Gasteiger partial charge in [0.15, 0.2) is 0 Å². The molecule has 0 radical (unpaired) electrons. The molecular formula is C12H18ClF2N5. The molecular weight excluding hydrogens is 288 g/mol. The lowest BCUT2D eigenvalue weighted by Crippen LogP contribution is -2.06. The highest BCUT2D eigenvalue weighted by Crippen LogP contribution is 2.09. The molecule has 0 aliphatic rings. The number of anilines is 1. The van der Waals surface area contributed by atoms with Crippen LogP contribution in [-0.2, 0) is 19.6 Å². The molecule has 0 amide bonds. The topological polar surface area (TPSA) is 47.7 Å². The van der Waals surface area contributed by atoms with Crippen molar-refractivity contribution < 1.29 is 8.78 Å². The van der Waals surface area contributed by atoms with Crippen molar-refractivity contribution in [2.24, 2.45) is 0 Å². The molecule has 8 heteroatoms. The van der Waals surface area contributed by atoms with E-state index in [0.717, 1.165) is 24.2 Å². The Morgan fingerprint density at radius 2 is 1.95 bits per heavy atom. The number of rotatable bonds is 7. The van der Waals surface area contributed by atoms with Gasteiger partial charge in [0.25, 0.3) is 6.43 Å². The maximum Gasteiger partial charge on any atom is 0.257 e. The minimum absolute atomic E-state index is 0. The van der Waals surface area contributed by atoms with Crippen LogP contribution in [0.25, 0.3) is 0 Å². The Labute approximate surface area is 122 Å². The largest absolute Gasteiger partial charge is 0.378 e. The lowest BCUT2D eigenvalue weighted by molar-refractivity contribution is 0.122. The number of alkyl halides is 2. The molecule has 0 spiro atoms. The SMILES string of the molecule is CCCn1cc(CNc2cnn(CC(F)F)c2)cn1.Cl. The Morgan fingerprint density at radius 3 is 2.65 bits per heavy atom. The summed E-state index contributed by atoms with van der Waals surface area (Å²) >= 11 is 0. The van der Waals surface area contributed by atoms with E-state index in [-0.39, 0.29) is 19.0 Å². The first kappa shape index (κ1) is 16.4. The van der Waals surface area contributed by atoms with Gasteiger partial charge in [-0.05, 0) is 6.42 Å². The van der Waals surface area contributed by atoms with Crippen molar-refractivity contribution >= 4 is 18.1 Å². The maximum atomic E-state index is 12.2. The van der Waals surface area contributed by atoms with Crippen LogP contribution in [0.1, 0.15) is 18.9 Å². The van der Waals surface area contributed by atoms with Gasteiger partial charge in [-0.2, -0.15) is 10.2 Å². The highest BCUT2D eigenvalue weighted by molar-refractivity contribution is 5.85. The molecule has 0 aliphatic heterocycles. The van der Waals surface area contributed by atoms with Crippen LogP contribution >= 0.6 is 12.4 Å². The van der Waals surface area contributed by atoms with E-state index in [1.165, 1.54) is 4.68 Å². The number of halogens is 3. The lowest BCUT2D eigenvalue weighted by Gasteiger charge is -2.01. The molecule has 0 saturated heterocycles. The summed E-state index contributed by atoms with van der Waals surface area (Å²) in [5.41, 5.74) is 1.78. The third kappa shape index (κ3) is 4.80. The fourth-order valence-corrected chi connectivity index (χ4v) is 1.75. The highest BCUT2D eigenvalue weighted by Gasteiger charge is 2.05. The van der Waals surface area contributed by atoms with E-state index in [2.05, 4.69) is 22.4 Å². The van der Waals surface area contributed by atoms with Gasteiger partial charge >= 0.3 is 0 Å². The zero-order chi connectivity index (χ0) is 13.7. The Kier molecular flexibility index (Phi) is 6.44. The number of nitrogens with one attached hydrogen (secondary N) is 1. The number of nitrogens with zero attached hydrogens (tertiary/aromatic N) is 4. The Morgan fingerprint density at radius 1 is 1.20 bits per heavy atom. The number of hydrogen-bond acceptors (Lipinski definition) is 3. The molecule has 2 aromatic rings. The van der Waals surface area contributed by atoms with Crippen molar-refractivity contribution in [3.05, 3.63) is 30.4 Å². The van der Waals surface area contributed by atoms with E-state index in [1.54, 1.807) is 18.6 Å². The van der Waals surface area contributed by atoms with E-state index in [9.17, 15) is 8.78 Å². The molecule has 2 aromatic heterocycles. The molecule has 1 N–H and O–H groups in total. The first-order chi connectivity index (χ1) is 9.17. The molecule has 0 saturated carbocycles. The first-order valence-corrected chi connectivity index (χ1v) is 6.23. The van der Waals surface area contributed by atoms with E-state index >= 15 is 0 Å². The molecule has 20 heavy (non-hydrogen) atoms. The number of aryl methyl sites for hydroxylation is 1. The van der Waals surface area contributed by atoms with Crippen LogP contribution < -0.4 is 5.32 Å². The van der Waals surface area contributed by atoms with Crippen molar-refractivity contribution in [3.63, 3.8) is 0 Å². The Bertz CT molecular complexity index is 511. The minimum Gasteiger partial charge on any atom is -0.378 e. The van der Waals surface area contributed by atoms with Crippen LogP contribution in [0.2, 0.25) is 0 Å². The summed E-state index contributed by atoms with van der Waals surface area (Å²) in [4.78, 5) is 0. The molecule has 2 rings (SSSR count). The van der Waals surface area contributed by atoms with E-state index < -0.39 is 6.43 Å². The van der Waals surface area contributed by atoms with Gasteiger partial charge in [-0.1, -0.05) is 6.92 Å². The lowest BCUT2D eigenvalue weighted by atomic mass is 10.3. The summed E-state index contributed by atoms with van der Waals surface area (Å²) in [5.74, 6) is 0. The van der Waals surface area contributed by atoms with Crippen LogP contribution in [0, 0.1) is 0 Å². The normalized spacial score (nSPS) is 10.6. The van der Waals surface area contributed by atoms with Crippen LogP contribution in [0.15, 0.2) is 24.8 Å². The van der Waals surface area contributed by atoms with Crippen LogP contribution in [-0.4, -0.2) is 26.0 Å². The second kappa shape index (κ2) is 7.84. The number of aromatic nitrogens is 4. The standard InChI is InChI=1S/C12H17F2N5.ClH/c1-2-3-18-7-10(5-16-18)4-15-11-6-17-19(8-11)9-12(13)14;/h5-8,12,15H,2-4,9H2,1H3;1H. The number of hydrogen-bond donors (Lipinski definition) is 1. The van der Waals surface area contributed by atoms with Crippen LogP contribution in [0.5, 0.6) is 0 Å². The molecule has 0 aliphatic carbocycles. The van der Waals surface area contributed by atoms with E-state index in [4.69, 9.17) is 0 Å². The summed E-state index contributed by atoms with van der Waals surface area (Å²) in [7, 11) is 0. The van der Waals surface area contributed by atoms with Gasteiger partial charge in [0, 0.05) is 31.0 Å². The van der Waals surface area contributed by atoms with Gasteiger partial charge in [-0.25, -0.2) is 8.78 Å². The summed E-state index contributed by atoms with van der Waals surface area (Å²) in [5, 5.41) is 11.2. The van der Waals surface area contributed by atoms with Crippen molar-refractivity contribution in [1.29, 1.82) is 0 Å². The summed E-state index contributed by atoms with van der Waals surface area (Å²) in [6.45, 7) is 3.21. The van der Waals surface area contributed by atoms with E-state index in [1.807, 2.05) is 10.9 Å². The summed E-state index contributed by atoms with van der Waals surface area (Å²) < 4.78 is 27.4. The van der Waals surface area contributed by atoms with Gasteiger partial charge in [0.05, 0.1) is 18.1 Å². The minimum atomic E-state index is -2.39. The monoisotopic (exact) mass is 305 g/mol. The predicted molar refractivity (Wildman–Crippen MR) is 75.3 cm³/mol. The zero-order valence-corrected chi connectivity index (χ0v) is 12.0. The average Bonchev–Trinajstić information content (AvgIpc) is 2.96. The molecule has 0 unspecified atom stereocenters. The summed E-state index contributed by atoms with van der Waals surface area (Å²) in [6, 6.07) is 0. The van der Waals surface area contributed by atoms with Crippen molar-refractivity contribution in [1.82, 2.24) is 19.6 Å². The van der Waals surface area contributed by atoms with Gasteiger partial charge in [0.1, 0.15) is 6.54 Å². The summed E-state index contributed by atoms with van der Waals surface area (Å²) in [6.07, 6.45) is 5.53. The molecule has 0 fully saturated rings. The molecule has 0 bridgehead atoms. The Hall–Kier alpha value is -1.63. The van der Waals surface area contributed by atoms with Crippen molar-refractivity contribution in [2.75, 3.05) is 5.32 Å². The highest BCUT2D eigenvalue weighted by atomic mass is 35.5. The van der Waals surface area contributed by atoms with Crippen molar-refractivity contribution in [3.8, 4) is 0 Å². The van der Waals surface area contributed by atoms with Gasteiger partial charge in [-0.3, -0.25) is 9.36 Å². The van der Waals surface area contributed by atoms with E-state index in [0.29, 0.717) is 6.54 Å². The van der Waals surface area contributed by atoms with Gasteiger partial charge < -0.3 is 5.32 Å². The quantitative estimate of drug-likeness (QED) is 0.855. The maximum absolute atomic E-state index is 12.2. The van der Waals surface area contributed by atoms with Crippen molar-refractivity contribution in [2.45, 2.75) is 39.4 Å². The second-order valence-electron chi connectivity index (χ2n) is 4.31. The fraction of sp³-hybridized carbons (Fsp3) is 0.500. The third-order valence-electron chi connectivity index (χ3n) is 2.59. The Balaban J connectivity index is 0.00000200. The third-order valence-corrected chi connectivity index (χ3v) is 2.59. The molecule has 5 nitrogen and oxygen atoms in total. The van der Waals surface area contributed by atoms with Gasteiger partial charge in [0.2, 0.25) is 0 Å². The van der Waals surface area contributed by atoms with Crippen LogP contribution in [0.3, 0.4) is 0 Å².